The summed E-state index contributed by atoms with van der Waals surface area (Å²) in [6.07, 6.45) is 3.78. The Labute approximate surface area is 67.2 Å². The second-order valence-corrected chi connectivity index (χ2v) is 2.74. The molecule has 0 bridgehead atoms. The van der Waals surface area contributed by atoms with E-state index in [1.165, 1.54) is 0 Å². The topological polar surface area (TPSA) is 43.8 Å². The molecule has 0 saturated heterocycles. The number of aromatic nitrogens is 2. The first kappa shape index (κ1) is 8.27. The molecule has 1 heterocycles. The van der Waals surface area contributed by atoms with Crippen molar-refractivity contribution in [1.29, 1.82) is 0 Å². The minimum Gasteiger partial charge on any atom is -0.310 e. The molecule has 3 heteroatoms. The van der Waals surface area contributed by atoms with Gasteiger partial charge < -0.3 is 5.73 Å². The largest absolute Gasteiger partial charge is 0.310 e. The van der Waals surface area contributed by atoms with Crippen LogP contribution in [0.1, 0.15) is 30.8 Å². The lowest BCUT2D eigenvalue weighted by atomic mass is 10.3. The fourth-order valence-electron chi connectivity index (χ4n) is 0.952. The van der Waals surface area contributed by atoms with Crippen molar-refractivity contribution in [3.8, 4) is 0 Å². The summed E-state index contributed by atoms with van der Waals surface area (Å²) < 4.78 is 1.81. The molecule has 1 radical (unpaired) electrons. The molecule has 1 atom stereocenters. The molecular weight excluding hydrogens is 138 g/mol. The molecule has 0 aliphatic heterocycles. The van der Waals surface area contributed by atoms with E-state index in [0.717, 1.165) is 17.7 Å². The third-order valence-electron chi connectivity index (χ3n) is 1.94. The van der Waals surface area contributed by atoms with Gasteiger partial charge in [-0.15, -0.1) is 0 Å². The smallest absolute Gasteiger partial charge is 0.116 e. The van der Waals surface area contributed by atoms with Crippen LogP contribution in [0.5, 0.6) is 0 Å². The van der Waals surface area contributed by atoms with E-state index < -0.39 is 0 Å². The van der Waals surface area contributed by atoms with Crippen LogP contribution in [0.15, 0.2) is 0 Å². The first-order valence-electron chi connectivity index (χ1n) is 3.85. The summed E-state index contributed by atoms with van der Waals surface area (Å²) in [4.78, 5) is 0. The van der Waals surface area contributed by atoms with Gasteiger partial charge in [-0.3, -0.25) is 4.68 Å². The Morgan fingerprint density at radius 2 is 2.27 bits per heavy atom. The zero-order valence-corrected chi connectivity index (χ0v) is 7.26. The summed E-state index contributed by atoms with van der Waals surface area (Å²) in [5.74, 6) is 0. The first-order valence-corrected chi connectivity index (χ1v) is 3.85. The SMILES string of the molecule is CCC(N)n1n[c]c(C)c1C. The Bertz CT molecular complexity index is 239. The summed E-state index contributed by atoms with van der Waals surface area (Å²) in [6, 6.07) is 0. The first-order chi connectivity index (χ1) is 5.16. The highest BCUT2D eigenvalue weighted by Gasteiger charge is 2.07. The van der Waals surface area contributed by atoms with Crippen LogP contribution in [0, 0.1) is 20.0 Å². The number of aryl methyl sites for hydroxylation is 1. The van der Waals surface area contributed by atoms with E-state index in [2.05, 4.69) is 11.3 Å². The highest BCUT2D eigenvalue weighted by atomic mass is 15.3. The van der Waals surface area contributed by atoms with Crippen molar-refractivity contribution >= 4 is 0 Å². The van der Waals surface area contributed by atoms with Gasteiger partial charge in [-0.1, -0.05) is 6.92 Å². The van der Waals surface area contributed by atoms with Gasteiger partial charge in [-0.25, -0.2) is 0 Å². The molecule has 0 aliphatic carbocycles. The predicted molar refractivity (Wildman–Crippen MR) is 44.1 cm³/mol. The van der Waals surface area contributed by atoms with Gasteiger partial charge in [0.05, 0.1) is 6.17 Å². The summed E-state index contributed by atoms with van der Waals surface area (Å²) >= 11 is 0. The van der Waals surface area contributed by atoms with E-state index >= 15 is 0 Å². The summed E-state index contributed by atoms with van der Waals surface area (Å²) in [6.45, 7) is 6.04. The van der Waals surface area contributed by atoms with Crippen molar-refractivity contribution < 1.29 is 0 Å². The normalized spacial score (nSPS) is 13.5. The molecule has 2 N–H and O–H groups in total. The monoisotopic (exact) mass is 152 g/mol. The standard InChI is InChI=1S/C8H14N3/c1-4-8(9)11-7(3)6(2)5-10-11/h8H,4,9H2,1-3H3. The maximum Gasteiger partial charge on any atom is 0.116 e. The van der Waals surface area contributed by atoms with E-state index in [9.17, 15) is 0 Å². The zero-order chi connectivity index (χ0) is 8.43. The van der Waals surface area contributed by atoms with Crippen LogP contribution >= 0.6 is 0 Å². The van der Waals surface area contributed by atoms with Gasteiger partial charge in [-0.2, -0.15) is 5.10 Å². The van der Waals surface area contributed by atoms with Crippen molar-refractivity contribution in [1.82, 2.24) is 9.78 Å². The maximum absolute atomic E-state index is 5.79. The number of rotatable bonds is 2. The maximum atomic E-state index is 5.79. The molecule has 1 unspecified atom stereocenters. The highest BCUT2D eigenvalue weighted by molar-refractivity contribution is 5.12. The molecule has 0 amide bonds. The molecule has 61 valence electrons. The van der Waals surface area contributed by atoms with Gasteiger partial charge in [0.25, 0.3) is 0 Å². The van der Waals surface area contributed by atoms with Crippen LogP contribution < -0.4 is 5.73 Å². The molecule has 0 aromatic carbocycles. The summed E-state index contributed by atoms with van der Waals surface area (Å²) in [5.41, 5.74) is 7.98. The minimum absolute atomic E-state index is 0.0000463. The van der Waals surface area contributed by atoms with E-state index in [4.69, 9.17) is 5.73 Å². The molecule has 1 aromatic rings. The highest BCUT2D eigenvalue weighted by Crippen LogP contribution is 2.09. The lowest BCUT2D eigenvalue weighted by molar-refractivity contribution is 0.446. The van der Waals surface area contributed by atoms with Crippen LogP contribution in [-0.2, 0) is 0 Å². The second kappa shape index (κ2) is 3.05. The molecule has 11 heavy (non-hydrogen) atoms. The van der Waals surface area contributed by atoms with Crippen molar-refractivity contribution in [3.63, 3.8) is 0 Å². The van der Waals surface area contributed by atoms with Crippen LogP contribution in [0.25, 0.3) is 0 Å². The third kappa shape index (κ3) is 1.43. The van der Waals surface area contributed by atoms with Crippen LogP contribution in [0.4, 0.5) is 0 Å². The van der Waals surface area contributed by atoms with Gasteiger partial charge in [0.15, 0.2) is 0 Å². The predicted octanol–water partition coefficient (Wildman–Crippen LogP) is 1.17. The van der Waals surface area contributed by atoms with Crippen molar-refractivity contribution in [2.24, 2.45) is 5.73 Å². The average molecular weight is 152 g/mol. The average Bonchev–Trinajstić information content (AvgIpc) is 2.32. The van der Waals surface area contributed by atoms with Crippen molar-refractivity contribution in [3.05, 3.63) is 17.5 Å². The summed E-state index contributed by atoms with van der Waals surface area (Å²) in [5, 5.41) is 4.05. The number of hydrogen-bond donors (Lipinski definition) is 1. The van der Waals surface area contributed by atoms with Crippen LogP contribution in [-0.4, -0.2) is 9.78 Å². The van der Waals surface area contributed by atoms with Crippen molar-refractivity contribution in [2.45, 2.75) is 33.4 Å². The molecule has 0 spiro atoms. The summed E-state index contributed by atoms with van der Waals surface area (Å²) in [7, 11) is 0. The quantitative estimate of drug-likeness (QED) is 0.691. The van der Waals surface area contributed by atoms with E-state index in [1.54, 1.807) is 0 Å². The fraction of sp³-hybridized carbons (Fsp3) is 0.625. The van der Waals surface area contributed by atoms with Crippen LogP contribution in [0.2, 0.25) is 0 Å². The van der Waals surface area contributed by atoms with Crippen molar-refractivity contribution in [2.75, 3.05) is 0 Å². The molecule has 1 rings (SSSR count). The van der Waals surface area contributed by atoms with E-state index in [-0.39, 0.29) is 6.17 Å². The molecule has 0 aliphatic rings. The van der Waals surface area contributed by atoms with Gasteiger partial charge in [0.1, 0.15) is 6.20 Å². The molecule has 0 saturated carbocycles. The third-order valence-corrected chi connectivity index (χ3v) is 1.94. The lowest BCUT2D eigenvalue weighted by Gasteiger charge is -2.11. The van der Waals surface area contributed by atoms with E-state index in [0.29, 0.717) is 0 Å². The van der Waals surface area contributed by atoms with Gasteiger partial charge in [0.2, 0.25) is 0 Å². The number of hydrogen-bond acceptors (Lipinski definition) is 2. The van der Waals surface area contributed by atoms with E-state index in [1.807, 2.05) is 25.5 Å². The zero-order valence-electron chi connectivity index (χ0n) is 7.26. The lowest BCUT2D eigenvalue weighted by Crippen LogP contribution is -2.19. The Kier molecular flexibility index (Phi) is 2.29. The Hall–Kier alpha value is -0.830. The number of nitrogens with zero attached hydrogens (tertiary/aromatic N) is 2. The fourth-order valence-corrected chi connectivity index (χ4v) is 0.952. The molecular formula is C8H14N3. The Balaban J connectivity index is 2.94. The Morgan fingerprint density at radius 1 is 1.64 bits per heavy atom. The number of nitrogens with two attached hydrogens (primary N) is 1. The van der Waals surface area contributed by atoms with Crippen LogP contribution in [0.3, 0.4) is 0 Å². The van der Waals surface area contributed by atoms with Gasteiger partial charge in [0, 0.05) is 5.69 Å². The molecule has 0 fully saturated rings. The minimum atomic E-state index is -0.0000463. The second-order valence-electron chi connectivity index (χ2n) is 2.74. The molecule has 3 nitrogen and oxygen atoms in total. The molecule has 1 aromatic heterocycles. The van der Waals surface area contributed by atoms with Gasteiger partial charge >= 0.3 is 0 Å². The Morgan fingerprint density at radius 3 is 2.64 bits per heavy atom. The van der Waals surface area contributed by atoms with Gasteiger partial charge in [-0.05, 0) is 25.8 Å².